The summed E-state index contributed by atoms with van der Waals surface area (Å²) in [5, 5.41) is 11.2. The van der Waals surface area contributed by atoms with E-state index in [1.54, 1.807) is 0 Å². The quantitative estimate of drug-likeness (QED) is 0.687. The van der Waals surface area contributed by atoms with Crippen molar-refractivity contribution in [3.05, 3.63) is 41.5 Å². The fourth-order valence-corrected chi connectivity index (χ4v) is 4.53. The first-order valence-electron chi connectivity index (χ1n) is 10.3. The molecule has 2 unspecified atom stereocenters. The van der Waals surface area contributed by atoms with Crippen molar-refractivity contribution in [2.75, 3.05) is 0 Å². The highest BCUT2D eigenvalue weighted by molar-refractivity contribution is 5.83. The van der Waals surface area contributed by atoms with Crippen LogP contribution in [0.4, 0.5) is 18.0 Å². The summed E-state index contributed by atoms with van der Waals surface area (Å²) in [5.74, 6) is -1.85. The Morgan fingerprint density at radius 1 is 1.17 bits per heavy atom. The van der Waals surface area contributed by atoms with Crippen molar-refractivity contribution in [2.45, 2.75) is 69.8 Å². The third kappa shape index (κ3) is 5.34. The first-order chi connectivity index (χ1) is 14.2. The molecule has 0 spiro atoms. The number of halogens is 3. The summed E-state index contributed by atoms with van der Waals surface area (Å²) >= 11 is 0. The van der Waals surface area contributed by atoms with E-state index in [1.165, 1.54) is 0 Å². The number of nitrogens with zero attached hydrogens (tertiary/aromatic N) is 1. The second-order valence-electron chi connectivity index (χ2n) is 8.06. The van der Waals surface area contributed by atoms with Crippen LogP contribution in [0, 0.1) is 5.92 Å². The smallest absolute Gasteiger partial charge is 0.465 e. The Balaban J connectivity index is 1.75. The molecule has 3 rings (SSSR count). The molecule has 0 aliphatic heterocycles. The van der Waals surface area contributed by atoms with E-state index in [1.807, 2.05) is 43.3 Å². The molecule has 2 aliphatic carbocycles. The van der Waals surface area contributed by atoms with Crippen LogP contribution < -0.4 is 5.32 Å². The molecule has 0 heterocycles. The predicted octanol–water partition coefficient (Wildman–Crippen LogP) is 4.84. The second-order valence-corrected chi connectivity index (χ2v) is 8.06. The number of carbonyl (C=O) groups is 2. The van der Waals surface area contributed by atoms with Crippen molar-refractivity contribution in [1.82, 2.24) is 10.2 Å². The number of benzene rings is 1. The standard InChI is InChI=1S/C22H27F3N2O3/c1-2-15(12-14-6-4-3-5-7-14)18-13-19(18)27(20(28)22(23,24)25)17-10-8-16(9-11-17)26-21(29)30/h3-7,12,16-19,26H,2,8-11,13H2,1H3,(H,29,30). The van der Waals surface area contributed by atoms with Gasteiger partial charge >= 0.3 is 18.2 Å². The Morgan fingerprint density at radius 3 is 2.33 bits per heavy atom. The Kier molecular flexibility index (Phi) is 6.73. The Labute approximate surface area is 173 Å². The van der Waals surface area contributed by atoms with E-state index in [4.69, 9.17) is 5.11 Å². The molecule has 1 aromatic carbocycles. The third-order valence-corrected chi connectivity index (χ3v) is 6.04. The first kappa shape index (κ1) is 22.2. The van der Waals surface area contributed by atoms with Crippen molar-refractivity contribution in [3.63, 3.8) is 0 Å². The summed E-state index contributed by atoms with van der Waals surface area (Å²) < 4.78 is 40.1. The van der Waals surface area contributed by atoms with Crippen LogP contribution in [0.2, 0.25) is 0 Å². The maximum Gasteiger partial charge on any atom is 0.471 e. The molecular formula is C22H27F3N2O3. The summed E-state index contributed by atoms with van der Waals surface area (Å²) in [7, 11) is 0. The van der Waals surface area contributed by atoms with E-state index in [-0.39, 0.29) is 12.0 Å². The number of carbonyl (C=O) groups excluding carboxylic acids is 1. The molecule has 0 radical (unpaired) electrons. The zero-order valence-electron chi connectivity index (χ0n) is 16.9. The van der Waals surface area contributed by atoms with Gasteiger partial charge in [-0.05, 0) is 44.1 Å². The first-order valence-corrected chi connectivity index (χ1v) is 10.3. The molecule has 1 aromatic rings. The number of hydrogen-bond acceptors (Lipinski definition) is 2. The zero-order chi connectivity index (χ0) is 21.9. The number of amides is 2. The SMILES string of the molecule is CCC(=Cc1ccccc1)C1CC1N(C(=O)C(F)(F)F)C1CCC(NC(=O)O)CC1. The van der Waals surface area contributed by atoms with Gasteiger partial charge in [0.1, 0.15) is 0 Å². The molecule has 2 amide bonds. The van der Waals surface area contributed by atoms with Crippen LogP contribution in [0.25, 0.3) is 6.08 Å². The van der Waals surface area contributed by atoms with Crippen LogP contribution in [0.5, 0.6) is 0 Å². The lowest BCUT2D eigenvalue weighted by Gasteiger charge is -2.37. The van der Waals surface area contributed by atoms with E-state index < -0.39 is 30.3 Å². The van der Waals surface area contributed by atoms with Crippen LogP contribution in [0.1, 0.15) is 51.0 Å². The summed E-state index contributed by atoms with van der Waals surface area (Å²) in [4.78, 5) is 24.2. The van der Waals surface area contributed by atoms with Crippen LogP contribution in [-0.4, -0.2) is 46.3 Å². The number of carboxylic acid groups (broad SMARTS) is 1. The van der Waals surface area contributed by atoms with Crippen LogP contribution >= 0.6 is 0 Å². The average Bonchev–Trinajstić information content (AvgIpc) is 3.47. The van der Waals surface area contributed by atoms with Gasteiger partial charge in [0.2, 0.25) is 0 Å². The minimum Gasteiger partial charge on any atom is -0.465 e. The predicted molar refractivity (Wildman–Crippen MR) is 107 cm³/mol. The van der Waals surface area contributed by atoms with Gasteiger partial charge in [0, 0.05) is 24.0 Å². The summed E-state index contributed by atoms with van der Waals surface area (Å²) in [6.07, 6.45) is -1.23. The van der Waals surface area contributed by atoms with E-state index >= 15 is 0 Å². The molecular weight excluding hydrogens is 397 g/mol. The lowest BCUT2D eigenvalue weighted by Crippen LogP contribution is -2.51. The highest BCUT2D eigenvalue weighted by atomic mass is 19.4. The second kappa shape index (κ2) is 9.10. The molecule has 0 aromatic heterocycles. The van der Waals surface area contributed by atoms with Crippen LogP contribution in [-0.2, 0) is 4.79 Å². The van der Waals surface area contributed by atoms with Gasteiger partial charge in [0.15, 0.2) is 0 Å². The van der Waals surface area contributed by atoms with Crippen molar-refractivity contribution >= 4 is 18.1 Å². The number of hydrogen-bond donors (Lipinski definition) is 2. The maximum atomic E-state index is 13.4. The number of rotatable bonds is 6. The van der Waals surface area contributed by atoms with E-state index in [2.05, 4.69) is 5.32 Å². The normalized spacial score (nSPS) is 26.7. The topological polar surface area (TPSA) is 69.6 Å². The minimum absolute atomic E-state index is 0.0728. The fraction of sp³-hybridized carbons (Fsp3) is 0.545. The van der Waals surface area contributed by atoms with Gasteiger partial charge in [-0.25, -0.2) is 4.79 Å². The van der Waals surface area contributed by atoms with Crippen LogP contribution in [0.3, 0.4) is 0 Å². The number of alkyl halides is 3. The molecule has 2 N–H and O–H groups in total. The zero-order valence-corrected chi connectivity index (χ0v) is 16.9. The average molecular weight is 424 g/mol. The maximum absolute atomic E-state index is 13.4. The third-order valence-electron chi connectivity index (χ3n) is 6.04. The largest absolute Gasteiger partial charge is 0.471 e. The van der Waals surface area contributed by atoms with Crippen molar-refractivity contribution in [2.24, 2.45) is 5.92 Å². The molecule has 0 bridgehead atoms. The highest BCUT2D eigenvalue weighted by Gasteiger charge is 2.54. The van der Waals surface area contributed by atoms with Gasteiger partial charge in [-0.1, -0.05) is 48.9 Å². The van der Waals surface area contributed by atoms with Gasteiger partial charge < -0.3 is 15.3 Å². The summed E-state index contributed by atoms with van der Waals surface area (Å²) in [6.45, 7) is 1.98. The monoisotopic (exact) mass is 424 g/mol. The van der Waals surface area contributed by atoms with Gasteiger partial charge in [-0.3, -0.25) is 4.79 Å². The van der Waals surface area contributed by atoms with Crippen molar-refractivity contribution < 1.29 is 27.9 Å². The van der Waals surface area contributed by atoms with Gasteiger partial charge in [0.25, 0.3) is 0 Å². The van der Waals surface area contributed by atoms with Gasteiger partial charge in [-0.15, -0.1) is 0 Å². The van der Waals surface area contributed by atoms with Crippen LogP contribution in [0.15, 0.2) is 35.9 Å². The van der Waals surface area contributed by atoms with Crippen molar-refractivity contribution in [3.8, 4) is 0 Å². The van der Waals surface area contributed by atoms with E-state index in [9.17, 15) is 22.8 Å². The van der Waals surface area contributed by atoms with Crippen molar-refractivity contribution in [1.29, 1.82) is 0 Å². The Morgan fingerprint density at radius 2 is 1.80 bits per heavy atom. The molecule has 8 heteroatoms. The van der Waals surface area contributed by atoms with E-state index in [0.717, 1.165) is 16.0 Å². The Bertz CT molecular complexity index is 787. The molecule has 2 fully saturated rings. The Hall–Kier alpha value is -2.51. The molecule has 2 aliphatic rings. The molecule has 164 valence electrons. The highest BCUT2D eigenvalue weighted by Crippen LogP contribution is 2.46. The number of nitrogens with one attached hydrogen (secondary N) is 1. The minimum atomic E-state index is -4.92. The molecule has 0 saturated heterocycles. The molecule has 2 saturated carbocycles. The van der Waals surface area contributed by atoms with E-state index in [0.29, 0.717) is 38.5 Å². The molecule has 2 atom stereocenters. The van der Waals surface area contributed by atoms with Gasteiger partial charge in [0.05, 0.1) is 0 Å². The van der Waals surface area contributed by atoms with Gasteiger partial charge in [-0.2, -0.15) is 13.2 Å². The molecule has 30 heavy (non-hydrogen) atoms. The molecule has 5 nitrogen and oxygen atoms in total. The lowest BCUT2D eigenvalue weighted by atomic mass is 9.89. The summed E-state index contributed by atoms with van der Waals surface area (Å²) in [5.41, 5.74) is 2.04. The lowest BCUT2D eigenvalue weighted by molar-refractivity contribution is -0.189. The summed E-state index contributed by atoms with van der Waals surface area (Å²) in [6, 6.07) is 8.37. The fourth-order valence-electron chi connectivity index (χ4n) is 4.53.